The zero-order chi connectivity index (χ0) is 28.6. The van der Waals surface area contributed by atoms with E-state index in [0.717, 1.165) is 0 Å². The molecular weight excluding hydrogens is 332 g/mol. The van der Waals surface area contributed by atoms with Gasteiger partial charge in [-0.1, -0.05) is 33.7 Å². The highest BCUT2D eigenvalue weighted by atomic mass is 16.3. The van der Waals surface area contributed by atoms with E-state index in [1.807, 2.05) is 0 Å². The number of nitrogens with zero attached hydrogens (tertiary/aromatic N) is 2. The number of benzene rings is 1. The summed E-state index contributed by atoms with van der Waals surface area (Å²) >= 11 is 0. The second kappa shape index (κ2) is 6.49. The van der Waals surface area contributed by atoms with E-state index >= 15 is 0 Å². The minimum absolute atomic E-state index is 0.0551. The fourth-order valence-electron chi connectivity index (χ4n) is 3.28. The molecule has 0 saturated carbocycles. The summed E-state index contributed by atoms with van der Waals surface area (Å²) in [7, 11) is 0. The average molecular weight is 370 g/mol. The van der Waals surface area contributed by atoms with Crippen LogP contribution in [-0.4, -0.2) is 9.97 Å². The van der Waals surface area contributed by atoms with Crippen molar-refractivity contribution in [3.8, 4) is 11.3 Å². The van der Waals surface area contributed by atoms with Gasteiger partial charge in [0.15, 0.2) is 0 Å². The number of aryl methyl sites for hydroxylation is 2. The molecule has 3 nitrogen and oxygen atoms in total. The van der Waals surface area contributed by atoms with Gasteiger partial charge in [-0.15, -0.1) is 0 Å². The van der Waals surface area contributed by atoms with Gasteiger partial charge in [-0.3, -0.25) is 4.98 Å². The van der Waals surface area contributed by atoms with Gasteiger partial charge in [-0.25, -0.2) is 4.98 Å². The average Bonchev–Trinajstić information content (AvgIpc) is 3.14. The van der Waals surface area contributed by atoms with Gasteiger partial charge in [-0.05, 0) is 66.4 Å². The molecule has 0 bridgehead atoms. The quantitative estimate of drug-likeness (QED) is 0.394. The molecule has 138 valence electrons. The van der Waals surface area contributed by atoms with Crippen LogP contribution in [0.25, 0.3) is 33.3 Å². The number of rotatable bonds is 3. The molecule has 0 radical (unpaired) electrons. The minimum Gasteiger partial charge on any atom is -0.437 e. The molecule has 1 unspecified atom stereocenters. The summed E-state index contributed by atoms with van der Waals surface area (Å²) in [5.74, 6) is -3.29. The Hall–Kier alpha value is -2.68. The third kappa shape index (κ3) is 2.91. The van der Waals surface area contributed by atoms with E-state index in [-0.39, 0.29) is 50.1 Å². The summed E-state index contributed by atoms with van der Waals surface area (Å²) in [5.41, 5.74) is 0.491. The van der Waals surface area contributed by atoms with Gasteiger partial charge in [0.2, 0.25) is 5.71 Å². The summed E-state index contributed by atoms with van der Waals surface area (Å²) in [6.45, 7) is -3.44. The number of hydrogen-bond acceptors (Lipinski definition) is 3. The fraction of sp³-hybridized carbons (Fsp3) is 0.333. The van der Waals surface area contributed by atoms with Gasteiger partial charge in [0.1, 0.15) is 5.58 Å². The molecule has 0 spiro atoms. The van der Waals surface area contributed by atoms with E-state index in [1.54, 1.807) is 13.8 Å². The van der Waals surface area contributed by atoms with Crippen molar-refractivity contribution in [1.82, 2.24) is 9.97 Å². The Morgan fingerprint density at radius 1 is 1.04 bits per heavy atom. The van der Waals surface area contributed by atoms with E-state index in [1.165, 1.54) is 43.5 Å². The van der Waals surface area contributed by atoms with Crippen LogP contribution in [0.15, 0.2) is 40.9 Å². The maximum Gasteiger partial charge on any atom is 0.227 e. The highest BCUT2D eigenvalue weighted by Crippen LogP contribution is 2.40. The van der Waals surface area contributed by atoms with Crippen LogP contribution in [0.1, 0.15) is 76.9 Å². The number of fused-ring (bicyclic) bond motifs is 3. The van der Waals surface area contributed by atoms with E-state index in [4.69, 9.17) is 19.5 Å². The topological polar surface area (TPSA) is 38.9 Å². The lowest BCUT2D eigenvalue weighted by molar-refractivity contribution is 0.652. The monoisotopic (exact) mass is 369 g/mol. The molecule has 1 atom stereocenters. The second-order valence-electron chi connectivity index (χ2n) is 6.76. The first-order chi connectivity index (χ1) is 17.1. The molecule has 4 rings (SSSR count). The van der Waals surface area contributed by atoms with Crippen molar-refractivity contribution in [2.45, 2.75) is 53.1 Å². The number of pyridine rings is 2. The lowest BCUT2D eigenvalue weighted by atomic mass is 9.94. The van der Waals surface area contributed by atoms with Crippen molar-refractivity contribution in [2.75, 3.05) is 0 Å². The van der Waals surface area contributed by atoms with Gasteiger partial charge >= 0.3 is 0 Å². The van der Waals surface area contributed by atoms with E-state index in [0.29, 0.717) is 5.56 Å². The molecule has 4 aromatic rings. The van der Waals surface area contributed by atoms with Crippen molar-refractivity contribution < 1.29 is 19.5 Å². The molecule has 3 heterocycles. The van der Waals surface area contributed by atoms with E-state index < -0.39 is 32.3 Å². The normalized spacial score (nSPS) is 22.0. The highest BCUT2D eigenvalue weighted by molar-refractivity contribution is 6.11. The van der Waals surface area contributed by atoms with Crippen LogP contribution < -0.4 is 0 Å². The Kier molecular flexibility index (Phi) is 2.16. The van der Waals surface area contributed by atoms with Crippen molar-refractivity contribution in [1.29, 1.82) is 0 Å². The van der Waals surface area contributed by atoms with Crippen molar-refractivity contribution in [3.63, 3.8) is 0 Å². The van der Waals surface area contributed by atoms with Crippen LogP contribution in [0, 0.1) is 13.7 Å². The van der Waals surface area contributed by atoms with Crippen LogP contribution in [-0.2, 0) is 0 Å². The fourth-order valence-corrected chi connectivity index (χ4v) is 3.28. The molecule has 3 aromatic heterocycles. The smallest absolute Gasteiger partial charge is 0.227 e. The lowest BCUT2D eigenvalue weighted by Crippen LogP contribution is -1.93. The van der Waals surface area contributed by atoms with Crippen LogP contribution in [0.5, 0.6) is 0 Å². The van der Waals surface area contributed by atoms with Crippen LogP contribution in [0.4, 0.5) is 0 Å². The molecule has 3 heteroatoms. The highest BCUT2D eigenvalue weighted by Gasteiger charge is 2.20. The van der Waals surface area contributed by atoms with Crippen LogP contribution in [0.3, 0.4) is 0 Å². The Labute approximate surface area is 175 Å². The van der Waals surface area contributed by atoms with E-state index in [2.05, 4.69) is 9.97 Å². The zero-order valence-corrected chi connectivity index (χ0v) is 15.3. The minimum atomic E-state index is -2.63. The Morgan fingerprint density at radius 3 is 2.67 bits per heavy atom. The number of furan rings is 1. The Bertz CT molecular complexity index is 1540. The predicted molar refractivity (Wildman–Crippen MR) is 112 cm³/mol. The Morgan fingerprint density at radius 2 is 1.93 bits per heavy atom. The summed E-state index contributed by atoms with van der Waals surface area (Å²) in [6, 6.07) is 7.02. The number of aromatic nitrogens is 2. The predicted octanol–water partition coefficient (Wildman–Crippen LogP) is 6.91. The van der Waals surface area contributed by atoms with Crippen LogP contribution in [0.2, 0.25) is 0 Å². The largest absolute Gasteiger partial charge is 0.437 e. The summed E-state index contributed by atoms with van der Waals surface area (Å²) in [5, 5.41) is 0.360. The van der Waals surface area contributed by atoms with Gasteiger partial charge < -0.3 is 4.42 Å². The molecule has 0 aliphatic rings. The molecular formula is C24H26N2O. The summed E-state index contributed by atoms with van der Waals surface area (Å²) in [4.78, 5) is 8.51. The van der Waals surface area contributed by atoms with Crippen LogP contribution >= 0.6 is 0 Å². The van der Waals surface area contributed by atoms with Gasteiger partial charge in [0, 0.05) is 37.9 Å². The maximum atomic E-state index is 8.69. The maximum absolute atomic E-state index is 8.69. The molecule has 0 N–H and O–H groups in total. The van der Waals surface area contributed by atoms with Gasteiger partial charge in [0.25, 0.3) is 0 Å². The second-order valence-corrected chi connectivity index (χ2v) is 6.76. The molecule has 0 fully saturated rings. The van der Waals surface area contributed by atoms with E-state index in [9.17, 15) is 0 Å². The Balaban J connectivity index is 2.16. The lowest BCUT2D eigenvalue weighted by Gasteiger charge is -2.10. The molecule has 27 heavy (non-hydrogen) atoms. The SMILES string of the molecule is [2H]C([2H])([2H])c1cc(C([2H])(C)C)c2c(n1)oc1c(-c3cc(C([2H])(C)C([2H])([2H])[2H])ccn3)ccc(C([2H])([2H])[2H])c12. The van der Waals surface area contributed by atoms with Crippen molar-refractivity contribution >= 4 is 22.1 Å². The zero-order valence-electron chi connectivity index (χ0n) is 26.3. The van der Waals surface area contributed by atoms with Gasteiger partial charge in [-0.2, -0.15) is 0 Å². The standard InChI is InChI=1S/C24H26N2O/c1-13(2)17-9-10-25-20(12-17)18-8-7-15(5)21-22-19(14(3)4)11-16(6)26-24(22)27-23(18)21/h7-14H,1-6H3/i1D3,5D3,6D3,13D,14D. The molecule has 0 amide bonds. The summed E-state index contributed by atoms with van der Waals surface area (Å²) < 4.78 is 94.4. The van der Waals surface area contributed by atoms with Gasteiger partial charge in [0.05, 0.1) is 11.1 Å². The first kappa shape index (κ1) is 9.01. The first-order valence-corrected chi connectivity index (χ1v) is 8.52. The molecule has 0 aliphatic heterocycles. The summed E-state index contributed by atoms with van der Waals surface area (Å²) in [6.07, 6.45) is 1.36. The molecule has 0 aliphatic carbocycles. The van der Waals surface area contributed by atoms with Crippen molar-refractivity contribution in [3.05, 3.63) is 58.9 Å². The third-order valence-electron chi connectivity index (χ3n) is 4.60. The van der Waals surface area contributed by atoms with Crippen molar-refractivity contribution in [2.24, 2.45) is 0 Å². The third-order valence-corrected chi connectivity index (χ3v) is 4.60. The molecule has 1 aromatic carbocycles. The first-order valence-electron chi connectivity index (χ1n) is 14.0. The molecule has 0 saturated heterocycles. The number of hydrogen-bond donors (Lipinski definition) is 0.